The average molecular weight is 557 g/mol. The molecule has 0 aliphatic heterocycles. The number of hydrogen-bond acceptors (Lipinski definition) is 8. The van der Waals surface area contributed by atoms with Gasteiger partial charge in [0.15, 0.2) is 0 Å². The van der Waals surface area contributed by atoms with Crippen molar-refractivity contribution in [1.82, 2.24) is 19.0 Å². The molecule has 2 heterocycles. The molecule has 5 rings (SSSR count). The molecule has 0 fully saturated rings. The number of nitrogens with zero attached hydrogens (tertiary/aromatic N) is 4. The molecule has 5 aromatic rings. The van der Waals surface area contributed by atoms with E-state index in [1.165, 1.54) is 19.2 Å². The number of aromatic nitrogens is 3. The van der Waals surface area contributed by atoms with Gasteiger partial charge in [-0.05, 0) is 48.0 Å². The van der Waals surface area contributed by atoms with Crippen LogP contribution in [0.1, 0.15) is 11.5 Å². The molecule has 0 bridgehead atoms. The Morgan fingerprint density at radius 2 is 1.89 bits per heavy atom. The first-order valence-corrected chi connectivity index (χ1v) is 13.7. The van der Waals surface area contributed by atoms with Crippen LogP contribution < -0.4 is 9.61 Å². The Morgan fingerprint density at radius 3 is 2.65 bits per heavy atom. The predicted octanol–water partition coefficient (Wildman–Crippen LogP) is 4.64. The minimum Gasteiger partial charge on any atom is -0.497 e. The first-order valence-electron chi connectivity index (χ1n) is 11.1. The van der Waals surface area contributed by atoms with Crippen molar-refractivity contribution in [1.29, 1.82) is 0 Å². The van der Waals surface area contributed by atoms with Crippen LogP contribution >= 0.6 is 22.9 Å². The molecule has 9 nitrogen and oxygen atoms in total. The van der Waals surface area contributed by atoms with E-state index in [1.54, 1.807) is 54.1 Å². The van der Waals surface area contributed by atoms with Gasteiger partial charge in [0.2, 0.25) is 21.7 Å². The second-order valence-corrected chi connectivity index (χ2v) is 11.7. The minimum atomic E-state index is -3.90. The van der Waals surface area contributed by atoms with Gasteiger partial charge in [0.05, 0.1) is 35.3 Å². The lowest BCUT2D eigenvalue weighted by Gasteiger charge is -2.15. The van der Waals surface area contributed by atoms with Gasteiger partial charge in [-0.15, -0.1) is 0 Å². The smallest absolute Gasteiger partial charge is 0.308 e. The fraction of sp³-hybridized carbons (Fsp3) is 0.160. The first kappa shape index (κ1) is 25.2. The topological polar surface area (TPSA) is 108 Å². The van der Waals surface area contributed by atoms with Gasteiger partial charge in [0.25, 0.3) is 0 Å². The number of hydrogen-bond donors (Lipinski definition) is 0. The van der Waals surface area contributed by atoms with E-state index in [2.05, 4.69) is 10.1 Å². The van der Waals surface area contributed by atoms with Gasteiger partial charge in [-0.2, -0.15) is 9.29 Å². The van der Waals surface area contributed by atoms with E-state index in [4.69, 9.17) is 20.9 Å². The first-order chi connectivity index (χ1) is 17.7. The molecule has 0 unspecified atom stereocenters. The van der Waals surface area contributed by atoms with E-state index in [0.717, 1.165) is 21.2 Å². The summed E-state index contributed by atoms with van der Waals surface area (Å²) in [5, 5.41) is 4.57. The molecule has 0 radical (unpaired) electrons. The van der Waals surface area contributed by atoms with Crippen LogP contribution in [0, 0.1) is 0 Å². The third kappa shape index (κ3) is 5.16. The van der Waals surface area contributed by atoms with E-state index in [0.29, 0.717) is 38.9 Å². The number of methoxy groups -OCH3 is 1. The van der Waals surface area contributed by atoms with Crippen LogP contribution in [-0.4, -0.2) is 41.6 Å². The molecule has 37 heavy (non-hydrogen) atoms. The second-order valence-electron chi connectivity index (χ2n) is 8.21. The van der Waals surface area contributed by atoms with E-state index in [9.17, 15) is 13.2 Å². The number of fused-ring (bicyclic) bond motifs is 1. The zero-order valence-electron chi connectivity index (χ0n) is 19.8. The van der Waals surface area contributed by atoms with Gasteiger partial charge >= 0.3 is 4.87 Å². The molecular formula is C25H21ClN4O5S2. The summed E-state index contributed by atoms with van der Waals surface area (Å²) in [6.07, 6.45) is 0. The molecule has 0 atom stereocenters. The fourth-order valence-corrected chi connectivity index (χ4v) is 6.06. The molecule has 0 spiro atoms. The van der Waals surface area contributed by atoms with Crippen LogP contribution in [0.15, 0.2) is 80.9 Å². The highest BCUT2D eigenvalue weighted by molar-refractivity contribution is 7.89. The molecule has 0 saturated heterocycles. The van der Waals surface area contributed by atoms with Crippen molar-refractivity contribution in [3.05, 3.63) is 92.9 Å². The van der Waals surface area contributed by atoms with Crippen molar-refractivity contribution in [2.45, 2.75) is 18.0 Å². The van der Waals surface area contributed by atoms with Crippen molar-refractivity contribution in [2.24, 2.45) is 0 Å². The van der Waals surface area contributed by atoms with Gasteiger partial charge in [0.1, 0.15) is 5.75 Å². The summed E-state index contributed by atoms with van der Waals surface area (Å²) in [5.41, 5.74) is 2.25. The maximum absolute atomic E-state index is 13.3. The van der Waals surface area contributed by atoms with Gasteiger partial charge in [-0.25, -0.2) is 8.42 Å². The maximum Gasteiger partial charge on any atom is 0.308 e. The Hall–Kier alpha value is -3.51. The van der Waals surface area contributed by atoms with Crippen LogP contribution in [0.3, 0.4) is 0 Å². The summed E-state index contributed by atoms with van der Waals surface area (Å²) in [4.78, 5) is 16.9. The van der Waals surface area contributed by atoms with Crippen molar-refractivity contribution in [3.8, 4) is 17.1 Å². The van der Waals surface area contributed by atoms with Gasteiger partial charge in [-0.3, -0.25) is 9.36 Å². The number of rotatable bonds is 8. The number of benzene rings is 3. The lowest BCUT2D eigenvalue weighted by Crippen LogP contribution is -2.26. The third-order valence-corrected chi connectivity index (χ3v) is 8.75. The highest BCUT2D eigenvalue weighted by Crippen LogP contribution is 2.26. The Bertz CT molecular complexity index is 1740. The Kier molecular flexibility index (Phi) is 6.86. The lowest BCUT2D eigenvalue weighted by atomic mass is 10.2. The van der Waals surface area contributed by atoms with Crippen LogP contribution in [-0.2, 0) is 23.1 Å². The Labute approximate surface area is 221 Å². The van der Waals surface area contributed by atoms with Crippen LogP contribution in [0.5, 0.6) is 5.75 Å². The number of ether oxygens (including phenoxy) is 1. The summed E-state index contributed by atoms with van der Waals surface area (Å²) >= 11 is 6.95. The zero-order chi connectivity index (χ0) is 26.2. The second kappa shape index (κ2) is 10.1. The average Bonchev–Trinajstić information content (AvgIpc) is 3.49. The summed E-state index contributed by atoms with van der Waals surface area (Å²) in [5.74, 6) is 1.11. The van der Waals surface area contributed by atoms with Crippen LogP contribution in [0.25, 0.3) is 21.6 Å². The largest absolute Gasteiger partial charge is 0.497 e. The highest BCUT2D eigenvalue weighted by Gasteiger charge is 2.24. The van der Waals surface area contributed by atoms with E-state index >= 15 is 0 Å². The predicted molar refractivity (Wildman–Crippen MR) is 142 cm³/mol. The standard InChI is InChI=1S/C25H21ClN4O5S2/c1-29(15-23-27-24(28-35-23)17-4-3-5-19(12-17)34-2)37(32,33)20-10-11-21-22(13-20)36-25(31)30(21)14-16-6-8-18(26)9-7-16/h3-13H,14-15H2,1-2H3. The minimum absolute atomic E-state index is 0.0647. The monoisotopic (exact) mass is 556 g/mol. The molecule has 3 aromatic carbocycles. The highest BCUT2D eigenvalue weighted by atomic mass is 35.5. The fourth-order valence-electron chi connectivity index (χ4n) is 3.78. The van der Waals surface area contributed by atoms with Crippen molar-refractivity contribution < 1.29 is 17.7 Å². The van der Waals surface area contributed by atoms with E-state index in [-0.39, 0.29) is 22.2 Å². The molecule has 0 aliphatic rings. The van der Waals surface area contributed by atoms with Gasteiger partial charge in [-0.1, -0.05) is 52.4 Å². The molecule has 0 aliphatic carbocycles. The zero-order valence-corrected chi connectivity index (χ0v) is 22.2. The van der Waals surface area contributed by atoms with Crippen LogP contribution in [0.4, 0.5) is 0 Å². The van der Waals surface area contributed by atoms with Crippen molar-refractivity contribution in [3.63, 3.8) is 0 Å². The number of halogens is 1. The Morgan fingerprint density at radius 1 is 1.11 bits per heavy atom. The summed E-state index contributed by atoms with van der Waals surface area (Å²) in [7, 11) is -0.901. The molecule has 2 aromatic heterocycles. The summed E-state index contributed by atoms with van der Waals surface area (Å²) in [6, 6.07) is 19.0. The molecular weight excluding hydrogens is 536 g/mol. The van der Waals surface area contributed by atoms with Crippen molar-refractivity contribution >= 4 is 43.2 Å². The third-order valence-electron chi connectivity index (χ3n) is 5.76. The van der Waals surface area contributed by atoms with Crippen LogP contribution in [0.2, 0.25) is 5.02 Å². The molecule has 0 amide bonds. The molecule has 12 heteroatoms. The lowest BCUT2D eigenvalue weighted by molar-refractivity contribution is 0.337. The maximum atomic E-state index is 13.3. The number of thiazole rings is 1. The molecule has 0 saturated carbocycles. The Balaban J connectivity index is 1.37. The van der Waals surface area contributed by atoms with Gasteiger partial charge < -0.3 is 9.26 Å². The SMILES string of the molecule is COc1cccc(-c2noc(CN(C)S(=O)(=O)c3ccc4c(c3)sc(=O)n4Cc3ccc(Cl)cc3)n2)c1. The molecule has 0 N–H and O–H groups in total. The number of sulfonamides is 1. The normalized spacial score (nSPS) is 11.9. The van der Waals surface area contributed by atoms with Gasteiger partial charge in [0, 0.05) is 17.6 Å². The summed E-state index contributed by atoms with van der Waals surface area (Å²) in [6.45, 7) is 0.236. The molecule has 190 valence electrons. The quantitative estimate of drug-likeness (QED) is 0.274. The van der Waals surface area contributed by atoms with Crippen molar-refractivity contribution in [2.75, 3.05) is 14.2 Å². The summed E-state index contributed by atoms with van der Waals surface area (Å²) < 4.78 is 40.4. The van der Waals surface area contributed by atoms with E-state index < -0.39 is 10.0 Å². The van der Waals surface area contributed by atoms with E-state index in [1.807, 2.05) is 12.1 Å².